The van der Waals surface area contributed by atoms with Crippen molar-refractivity contribution in [2.24, 2.45) is 0 Å². The zero-order chi connectivity index (χ0) is 19.8. The van der Waals surface area contributed by atoms with Crippen LogP contribution in [0.1, 0.15) is 43.7 Å². The van der Waals surface area contributed by atoms with E-state index in [0.717, 1.165) is 0 Å². The van der Waals surface area contributed by atoms with Crippen molar-refractivity contribution in [3.63, 3.8) is 0 Å². The summed E-state index contributed by atoms with van der Waals surface area (Å²) in [5.41, 5.74) is 5.41. The quantitative estimate of drug-likeness (QED) is 0.243. The summed E-state index contributed by atoms with van der Waals surface area (Å²) in [5, 5.41) is 2.84. The van der Waals surface area contributed by atoms with Gasteiger partial charge in [0.15, 0.2) is 0 Å². The fourth-order valence-electron chi connectivity index (χ4n) is 4.14. The molecule has 0 saturated carbocycles. The number of hydrogen-bond acceptors (Lipinski definition) is 2. The van der Waals surface area contributed by atoms with E-state index >= 15 is 0 Å². The van der Waals surface area contributed by atoms with E-state index in [2.05, 4.69) is 74.5 Å². The summed E-state index contributed by atoms with van der Waals surface area (Å²) in [6, 6.07) is 23.0. The standard InChI is InChI=1S/C27H26S2/c1-3-4-5-6-7-19-10-14-22-24(16-19)28-27-23-15-13-21(17-25(23)29-26(22)27)20-11-8-18(2)9-12-20/h8-17H,3-7H2,1-2H3. The van der Waals surface area contributed by atoms with E-state index in [1.54, 1.807) is 0 Å². The van der Waals surface area contributed by atoms with Crippen LogP contribution in [0.25, 0.3) is 40.7 Å². The van der Waals surface area contributed by atoms with E-state index in [1.165, 1.54) is 83.9 Å². The van der Waals surface area contributed by atoms with E-state index in [4.69, 9.17) is 0 Å². The van der Waals surface area contributed by atoms with Crippen LogP contribution in [0.2, 0.25) is 0 Å². The van der Waals surface area contributed by atoms with Crippen molar-refractivity contribution in [1.82, 2.24) is 0 Å². The van der Waals surface area contributed by atoms with Gasteiger partial charge in [0.25, 0.3) is 0 Å². The monoisotopic (exact) mass is 414 g/mol. The predicted octanol–water partition coefficient (Wildman–Crippen LogP) is 9.37. The Kier molecular flexibility index (Phi) is 5.15. The molecule has 29 heavy (non-hydrogen) atoms. The molecule has 2 aromatic heterocycles. The van der Waals surface area contributed by atoms with Crippen molar-refractivity contribution in [2.45, 2.75) is 46.0 Å². The molecule has 0 nitrogen and oxygen atoms in total. The van der Waals surface area contributed by atoms with Gasteiger partial charge in [-0.25, -0.2) is 0 Å². The van der Waals surface area contributed by atoms with Gasteiger partial charge in [0.2, 0.25) is 0 Å². The molecule has 2 heteroatoms. The van der Waals surface area contributed by atoms with E-state index in [-0.39, 0.29) is 0 Å². The van der Waals surface area contributed by atoms with Crippen molar-refractivity contribution in [3.8, 4) is 11.1 Å². The highest BCUT2D eigenvalue weighted by atomic mass is 32.1. The van der Waals surface area contributed by atoms with Gasteiger partial charge in [0, 0.05) is 20.2 Å². The predicted molar refractivity (Wildman–Crippen MR) is 133 cm³/mol. The molecule has 0 radical (unpaired) electrons. The average Bonchev–Trinajstić information content (AvgIpc) is 3.26. The van der Waals surface area contributed by atoms with Crippen molar-refractivity contribution in [1.29, 1.82) is 0 Å². The minimum absolute atomic E-state index is 1.21. The Labute approximate surface area is 180 Å². The third-order valence-electron chi connectivity index (χ3n) is 5.85. The molecule has 0 bridgehead atoms. The van der Waals surface area contributed by atoms with Gasteiger partial charge in [0.05, 0.1) is 9.40 Å². The van der Waals surface area contributed by atoms with Crippen LogP contribution in [0, 0.1) is 6.92 Å². The normalized spacial score (nSPS) is 11.8. The van der Waals surface area contributed by atoms with E-state index in [0.29, 0.717) is 0 Å². The molecule has 146 valence electrons. The number of unbranched alkanes of at least 4 members (excludes halogenated alkanes) is 3. The second kappa shape index (κ2) is 7.93. The van der Waals surface area contributed by atoms with Crippen LogP contribution < -0.4 is 0 Å². The second-order valence-corrected chi connectivity index (χ2v) is 10.2. The SMILES string of the molecule is CCCCCCc1ccc2c(c1)sc1c3ccc(-c4ccc(C)cc4)cc3sc21. The lowest BCUT2D eigenvalue weighted by molar-refractivity contribution is 0.667. The molecule has 0 atom stereocenters. The summed E-state index contributed by atoms with van der Waals surface area (Å²) in [7, 11) is 0. The molecular formula is C27H26S2. The van der Waals surface area contributed by atoms with Crippen LogP contribution >= 0.6 is 22.7 Å². The summed E-state index contributed by atoms with van der Waals surface area (Å²) in [5.74, 6) is 0. The number of aryl methyl sites for hydroxylation is 2. The molecule has 5 rings (SSSR count). The molecule has 0 N–H and O–H groups in total. The molecule has 0 spiro atoms. The Balaban J connectivity index is 1.51. The first kappa shape index (κ1) is 18.8. The van der Waals surface area contributed by atoms with E-state index in [1.807, 2.05) is 22.7 Å². The van der Waals surface area contributed by atoms with Gasteiger partial charge in [-0.2, -0.15) is 0 Å². The summed E-state index contributed by atoms with van der Waals surface area (Å²) in [6.45, 7) is 4.42. The topological polar surface area (TPSA) is 0 Å². The lowest BCUT2D eigenvalue weighted by Crippen LogP contribution is -1.85. The van der Waals surface area contributed by atoms with Crippen molar-refractivity contribution >= 4 is 52.2 Å². The summed E-state index contributed by atoms with van der Waals surface area (Å²) in [4.78, 5) is 0. The van der Waals surface area contributed by atoms with E-state index in [9.17, 15) is 0 Å². The number of thiophene rings is 2. The highest BCUT2D eigenvalue weighted by Crippen LogP contribution is 2.45. The van der Waals surface area contributed by atoms with Gasteiger partial charge in [-0.15, -0.1) is 22.7 Å². The maximum atomic E-state index is 2.44. The van der Waals surface area contributed by atoms with Crippen LogP contribution in [-0.4, -0.2) is 0 Å². The minimum atomic E-state index is 1.21. The van der Waals surface area contributed by atoms with Crippen molar-refractivity contribution in [2.75, 3.05) is 0 Å². The van der Waals surface area contributed by atoms with Crippen LogP contribution in [-0.2, 0) is 6.42 Å². The molecule has 2 heterocycles. The number of hydrogen-bond donors (Lipinski definition) is 0. The average molecular weight is 415 g/mol. The Hall–Kier alpha value is -2.16. The van der Waals surface area contributed by atoms with Gasteiger partial charge in [-0.1, -0.05) is 80.3 Å². The first-order chi connectivity index (χ1) is 14.2. The first-order valence-corrected chi connectivity index (χ1v) is 12.3. The number of benzene rings is 3. The van der Waals surface area contributed by atoms with E-state index < -0.39 is 0 Å². The van der Waals surface area contributed by atoms with Crippen LogP contribution in [0.5, 0.6) is 0 Å². The number of fused-ring (bicyclic) bond motifs is 5. The summed E-state index contributed by atoms with van der Waals surface area (Å²) in [6.07, 6.45) is 6.53. The van der Waals surface area contributed by atoms with Gasteiger partial charge in [-0.3, -0.25) is 0 Å². The molecule has 0 unspecified atom stereocenters. The zero-order valence-corrected chi connectivity index (χ0v) is 18.8. The van der Waals surface area contributed by atoms with Crippen LogP contribution in [0.15, 0.2) is 60.7 Å². The maximum Gasteiger partial charge on any atom is 0.0542 e. The molecular weight excluding hydrogens is 388 g/mol. The van der Waals surface area contributed by atoms with Gasteiger partial charge in [-0.05, 0) is 48.6 Å². The Morgan fingerprint density at radius 3 is 2.03 bits per heavy atom. The smallest absolute Gasteiger partial charge is 0.0542 e. The highest BCUT2D eigenvalue weighted by molar-refractivity contribution is 7.36. The van der Waals surface area contributed by atoms with Gasteiger partial charge < -0.3 is 0 Å². The Bertz CT molecular complexity index is 1290. The fraction of sp³-hybridized carbons (Fsp3) is 0.259. The minimum Gasteiger partial charge on any atom is -0.134 e. The van der Waals surface area contributed by atoms with Crippen molar-refractivity contribution < 1.29 is 0 Å². The molecule has 0 aliphatic carbocycles. The molecule has 0 aliphatic rings. The van der Waals surface area contributed by atoms with Crippen LogP contribution in [0.4, 0.5) is 0 Å². The molecule has 0 aliphatic heterocycles. The maximum absolute atomic E-state index is 2.44. The molecule has 5 aromatic rings. The fourth-order valence-corrected chi connectivity index (χ4v) is 6.89. The first-order valence-electron chi connectivity index (χ1n) is 10.7. The lowest BCUT2D eigenvalue weighted by Gasteiger charge is -2.03. The third-order valence-corrected chi connectivity index (χ3v) is 8.35. The third kappa shape index (κ3) is 3.60. The summed E-state index contributed by atoms with van der Waals surface area (Å²) < 4.78 is 5.76. The Morgan fingerprint density at radius 2 is 1.31 bits per heavy atom. The highest BCUT2D eigenvalue weighted by Gasteiger charge is 2.13. The molecule has 0 amide bonds. The molecule has 0 saturated heterocycles. The van der Waals surface area contributed by atoms with Gasteiger partial charge in [0.1, 0.15) is 0 Å². The lowest BCUT2D eigenvalue weighted by atomic mass is 10.0. The van der Waals surface area contributed by atoms with Crippen LogP contribution in [0.3, 0.4) is 0 Å². The van der Waals surface area contributed by atoms with Crippen molar-refractivity contribution in [3.05, 3.63) is 71.8 Å². The van der Waals surface area contributed by atoms with Gasteiger partial charge >= 0.3 is 0 Å². The zero-order valence-electron chi connectivity index (χ0n) is 17.1. The number of rotatable bonds is 6. The molecule has 3 aromatic carbocycles. The Morgan fingerprint density at radius 1 is 0.655 bits per heavy atom. The largest absolute Gasteiger partial charge is 0.134 e. The summed E-state index contributed by atoms with van der Waals surface area (Å²) >= 11 is 3.92. The molecule has 0 fully saturated rings. The second-order valence-electron chi connectivity index (χ2n) is 8.08.